The highest BCUT2D eigenvalue weighted by atomic mass is 16.2. The van der Waals surface area contributed by atoms with Crippen molar-refractivity contribution >= 4 is 28.7 Å². The fourth-order valence-corrected chi connectivity index (χ4v) is 3.25. The van der Waals surface area contributed by atoms with E-state index in [9.17, 15) is 4.79 Å². The van der Waals surface area contributed by atoms with Gasteiger partial charge in [0.05, 0.1) is 17.1 Å². The van der Waals surface area contributed by atoms with Gasteiger partial charge < -0.3 is 5.32 Å². The fourth-order valence-electron chi connectivity index (χ4n) is 3.25. The van der Waals surface area contributed by atoms with E-state index < -0.39 is 0 Å². The highest BCUT2D eigenvalue weighted by Gasteiger charge is 2.19. The normalized spacial score (nSPS) is 11.8. The molecular weight excluding hydrogens is 376 g/mol. The largest absolute Gasteiger partial charge is 0.348 e. The smallest absolute Gasteiger partial charge is 0.259 e. The summed E-state index contributed by atoms with van der Waals surface area (Å²) in [5, 5.41) is 3.30. The first-order valence-corrected chi connectivity index (χ1v) is 9.83. The maximum absolute atomic E-state index is 13.2. The van der Waals surface area contributed by atoms with Crippen LogP contribution in [0.5, 0.6) is 0 Å². The van der Waals surface area contributed by atoms with Gasteiger partial charge in [0.25, 0.3) is 5.91 Å². The molecule has 0 unspecified atom stereocenters. The minimum Gasteiger partial charge on any atom is -0.348 e. The molecule has 1 N–H and O–H groups in total. The third-order valence-electron chi connectivity index (χ3n) is 4.84. The Kier molecular flexibility index (Phi) is 5.61. The predicted molar refractivity (Wildman–Crippen MR) is 117 cm³/mol. The van der Waals surface area contributed by atoms with Gasteiger partial charge in [0.15, 0.2) is 0 Å². The van der Waals surface area contributed by atoms with E-state index in [2.05, 4.69) is 25.3 Å². The van der Waals surface area contributed by atoms with Gasteiger partial charge in [-0.05, 0) is 43.7 Å². The molecule has 0 fully saturated rings. The number of fused-ring (bicyclic) bond motifs is 1. The van der Waals surface area contributed by atoms with Gasteiger partial charge in [0, 0.05) is 30.7 Å². The first-order valence-electron chi connectivity index (χ1n) is 9.83. The lowest BCUT2D eigenvalue weighted by atomic mass is 10.1. The maximum Gasteiger partial charge on any atom is 0.259 e. The van der Waals surface area contributed by atoms with Gasteiger partial charge in [-0.2, -0.15) is 4.98 Å². The molecule has 7 nitrogen and oxygen atoms in total. The first-order chi connectivity index (χ1) is 14.7. The van der Waals surface area contributed by atoms with Crippen molar-refractivity contribution in [1.29, 1.82) is 0 Å². The second-order valence-electron chi connectivity index (χ2n) is 6.82. The summed E-state index contributed by atoms with van der Waals surface area (Å²) in [4.78, 5) is 32.2. The molecule has 1 amide bonds. The Morgan fingerprint density at radius 3 is 2.50 bits per heavy atom. The molecule has 2 aromatic carbocycles. The molecule has 4 rings (SSSR count). The average Bonchev–Trinajstić information content (AvgIpc) is 2.80. The number of hydrogen-bond donors (Lipinski definition) is 1. The second-order valence-corrected chi connectivity index (χ2v) is 6.82. The van der Waals surface area contributed by atoms with Crippen molar-refractivity contribution in [3.8, 4) is 0 Å². The lowest BCUT2D eigenvalue weighted by Crippen LogP contribution is -2.31. The number of nitrogens with zero attached hydrogens (tertiary/aromatic N) is 5. The summed E-state index contributed by atoms with van der Waals surface area (Å²) in [5.41, 5.74) is 3.10. The van der Waals surface area contributed by atoms with Crippen LogP contribution in [-0.2, 0) is 0 Å². The van der Waals surface area contributed by atoms with Crippen molar-refractivity contribution in [1.82, 2.24) is 19.9 Å². The molecule has 7 heteroatoms. The molecule has 30 heavy (non-hydrogen) atoms. The summed E-state index contributed by atoms with van der Waals surface area (Å²) < 4.78 is 0. The standard InChI is InChI=1S/C23H22N6O/c1-3-29(22(30)18-9-10-19-20(15-18)25-14-13-24-19)21-11-12-26-23(28-21)27-16(2)17-7-5-4-6-8-17/h4-16H,3H2,1-2H3,(H,26,27,28)/t16-/m1/s1. The zero-order valence-corrected chi connectivity index (χ0v) is 16.9. The number of nitrogens with one attached hydrogen (secondary N) is 1. The van der Waals surface area contributed by atoms with Crippen LogP contribution in [0.2, 0.25) is 0 Å². The van der Waals surface area contributed by atoms with E-state index in [1.54, 1.807) is 47.8 Å². The monoisotopic (exact) mass is 398 g/mol. The molecule has 0 aliphatic carbocycles. The molecule has 1 atom stereocenters. The van der Waals surface area contributed by atoms with E-state index in [1.807, 2.05) is 44.2 Å². The van der Waals surface area contributed by atoms with Crippen LogP contribution in [0, 0.1) is 0 Å². The Morgan fingerprint density at radius 2 is 1.73 bits per heavy atom. The molecule has 0 aliphatic rings. The molecule has 0 saturated heterocycles. The van der Waals surface area contributed by atoms with Gasteiger partial charge in [-0.15, -0.1) is 0 Å². The zero-order chi connectivity index (χ0) is 20.9. The number of rotatable bonds is 6. The van der Waals surface area contributed by atoms with E-state index in [4.69, 9.17) is 0 Å². The predicted octanol–water partition coefficient (Wildman–Crippen LogP) is 4.26. The molecular formula is C23H22N6O. The third kappa shape index (κ3) is 4.10. The summed E-state index contributed by atoms with van der Waals surface area (Å²) in [7, 11) is 0. The minimum atomic E-state index is -0.147. The van der Waals surface area contributed by atoms with E-state index >= 15 is 0 Å². The van der Waals surface area contributed by atoms with Gasteiger partial charge in [-0.1, -0.05) is 30.3 Å². The van der Waals surface area contributed by atoms with Gasteiger partial charge >= 0.3 is 0 Å². The van der Waals surface area contributed by atoms with Gasteiger partial charge in [-0.25, -0.2) is 4.98 Å². The molecule has 0 aliphatic heterocycles. The summed E-state index contributed by atoms with van der Waals surface area (Å²) in [5.74, 6) is 0.866. The quantitative estimate of drug-likeness (QED) is 0.522. The van der Waals surface area contributed by atoms with E-state index in [0.717, 1.165) is 11.1 Å². The second kappa shape index (κ2) is 8.65. The van der Waals surface area contributed by atoms with Crippen LogP contribution in [-0.4, -0.2) is 32.4 Å². The van der Waals surface area contributed by atoms with Crippen LogP contribution < -0.4 is 10.2 Å². The number of aromatic nitrogens is 4. The lowest BCUT2D eigenvalue weighted by Gasteiger charge is -2.21. The van der Waals surface area contributed by atoms with Crippen LogP contribution in [0.1, 0.15) is 35.8 Å². The Labute approximate surface area is 174 Å². The highest BCUT2D eigenvalue weighted by Crippen LogP contribution is 2.20. The van der Waals surface area contributed by atoms with E-state index in [-0.39, 0.29) is 11.9 Å². The van der Waals surface area contributed by atoms with Crippen LogP contribution in [0.15, 0.2) is 73.2 Å². The molecule has 4 aromatic rings. The van der Waals surface area contributed by atoms with Gasteiger partial charge in [0.1, 0.15) is 5.82 Å². The van der Waals surface area contributed by atoms with E-state index in [1.165, 1.54) is 0 Å². The van der Waals surface area contributed by atoms with Crippen molar-refractivity contribution in [2.75, 3.05) is 16.8 Å². The Hall–Kier alpha value is -3.87. The van der Waals surface area contributed by atoms with Crippen molar-refractivity contribution < 1.29 is 4.79 Å². The van der Waals surface area contributed by atoms with Crippen LogP contribution in [0.25, 0.3) is 11.0 Å². The number of benzene rings is 2. The maximum atomic E-state index is 13.2. The molecule has 2 aromatic heterocycles. The van der Waals surface area contributed by atoms with Crippen LogP contribution in [0.3, 0.4) is 0 Å². The Balaban J connectivity index is 1.58. The number of carbonyl (C=O) groups is 1. The number of anilines is 2. The van der Waals surface area contributed by atoms with Crippen molar-refractivity contribution in [2.24, 2.45) is 0 Å². The number of carbonyl (C=O) groups excluding carboxylic acids is 1. The Morgan fingerprint density at radius 1 is 0.967 bits per heavy atom. The first kappa shape index (κ1) is 19.4. The lowest BCUT2D eigenvalue weighted by molar-refractivity contribution is 0.0987. The number of amides is 1. The molecule has 0 bridgehead atoms. The summed E-state index contributed by atoms with van der Waals surface area (Å²) in [6.45, 7) is 4.44. The third-order valence-corrected chi connectivity index (χ3v) is 4.84. The Bertz CT molecular complexity index is 1160. The SMILES string of the molecule is CCN(C(=O)c1ccc2nccnc2c1)c1ccnc(N[C@H](C)c2ccccc2)n1. The molecule has 0 spiro atoms. The summed E-state index contributed by atoms with van der Waals surface area (Å²) >= 11 is 0. The number of hydrogen-bond acceptors (Lipinski definition) is 6. The van der Waals surface area contributed by atoms with Crippen molar-refractivity contribution in [2.45, 2.75) is 19.9 Å². The van der Waals surface area contributed by atoms with Gasteiger partial charge in [-0.3, -0.25) is 19.7 Å². The summed E-state index contributed by atoms with van der Waals surface area (Å²) in [6, 6.07) is 17.2. The topological polar surface area (TPSA) is 83.9 Å². The average molecular weight is 398 g/mol. The molecule has 2 heterocycles. The van der Waals surface area contributed by atoms with Crippen LogP contribution >= 0.6 is 0 Å². The molecule has 0 saturated carbocycles. The van der Waals surface area contributed by atoms with Crippen molar-refractivity contribution in [3.05, 3.63) is 84.3 Å². The zero-order valence-electron chi connectivity index (χ0n) is 16.9. The van der Waals surface area contributed by atoms with E-state index in [0.29, 0.717) is 29.4 Å². The molecule has 150 valence electrons. The van der Waals surface area contributed by atoms with Crippen molar-refractivity contribution in [3.63, 3.8) is 0 Å². The highest BCUT2D eigenvalue weighted by molar-refractivity contribution is 6.07. The molecule has 0 radical (unpaired) electrons. The van der Waals surface area contributed by atoms with Crippen LogP contribution in [0.4, 0.5) is 11.8 Å². The fraction of sp³-hybridized carbons (Fsp3) is 0.174. The summed E-state index contributed by atoms with van der Waals surface area (Å²) in [6.07, 6.45) is 4.91. The minimum absolute atomic E-state index is 0.0336. The van der Waals surface area contributed by atoms with Gasteiger partial charge in [0.2, 0.25) is 5.95 Å².